The van der Waals surface area contributed by atoms with Gasteiger partial charge >= 0.3 is 12.1 Å². The zero-order valence-electron chi connectivity index (χ0n) is 16.6. The number of ether oxygens (including phenoxy) is 1. The molecule has 0 bridgehead atoms. The number of carbonyl (C=O) groups excluding carboxylic acids is 3. The van der Waals surface area contributed by atoms with E-state index < -0.39 is 29.9 Å². The lowest BCUT2D eigenvalue weighted by molar-refractivity contribution is -0.169. The van der Waals surface area contributed by atoms with Gasteiger partial charge in [-0.25, -0.2) is 0 Å². The van der Waals surface area contributed by atoms with Gasteiger partial charge in [0.15, 0.2) is 0 Å². The van der Waals surface area contributed by atoms with Crippen LogP contribution in [0.15, 0.2) is 47.5 Å². The minimum absolute atomic E-state index is 0.0506. The van der Waals surface area contributed by atoms with Crippen molar-refractivity contribution in [2.24, 2.45) is 10.7 Å². The molecule has 1 atom stereocenters. The third-order valence-corrected chi connectivity index (χ3v) is 5.66. The number of nitrogens with two attached hydrogens (primary N) is 1. The number of nitrogens with one attached hydrogen (secondary N) is 1. The Morgan fingerprint density at radius 3 is 2.53 bits per heavy atom. The third-order valence-electron chi connectivity index (χ3n) is 4.55. The fourth-order valence-electron chi connectivity index (χ4n) is 2.96. The first kappa shape index (κ1) is 23.4. The van der Waals surface area contributed by atoms with E-state index in [0.29, 0.717) is 18.7 Å². The molecule has 1 aromatic carbocycles. The van der Waals surface area contributed by atoms with Crippen molar-refractivity contribution in [3.05, 3.63) is 57.8 Å². The van der Waals surface area contributed by atoms with Crippen LogP contribution in [0, 0.1) is 0 Å². The molecule has 3 amide bonds. The number of thiophene rings is 1. The highest BCUT2D eigenvalue weighted by Gasteiger charge is 2.39. The number of aliphatic imine (C=N–C) groups is 1. The fraction of sp³-hybridized carbons (Fsp3) is 0.300. The van der Waals surface area contributed by atoms with E-state index in [1.165, 1.54) is 12.1 Å². The Bertz CT molecular complexity index is 1020. The Balaban J connectivity index is 1.63. The molecule has 1 saturated heterocycles. The second kappa shape index (κ2) is 9.92. The Kier molecular flexibility index (Phi) is 7.26. The fourth-order valence-corrected chi connectivity index (χ4v) is 3.79. The summed E-state index contributed by atoms with van der Waals surface area (Å²) in [5, 5.41) is 2.69. The van der Waals surface area contributed by atoms with Gasteiger partial charge in [-0.2, -0.15) is 18.2 Å². The van der Waals surface area contributed by atoms with Gasteiger partial charge < -0.3 is 20.7 Å². The van der Waals surface area contributed by atoms with Crippen LogP contribution in [-0.4, -0.2) is 67.0 Å². The predicted molar refractivity (Wildman–Crippen MR) is 111 cm³/mol. The number of halogens is 3. The van der Waals surface area contributed by atoms with Gasteiger partial charge in [0.2, 0.25) is 0 Å². The first-order valence-corrected chi connectivity index (χ1v) is 10.3. The number of morpholine rings is 1. The maximum Gasteiger partial charge on any atom is 0.473 e. The molecule has 0 saturated carbocycles. The molecule has 3 rings (SSSR count). The van der Waals surface area contributed by atoms with Crippen molar-refractivity contribution in [2.45, 2.75) is 12.2 Å². The SMILES string of the molecule is NC(=NC(=O)C(F)(F)F)c1ccc(C(=O)NCC2COCCN2C(=O)c2ccccc2)s1. The molecular formula is C20H19F3N4O4S. The van der Waals surface area contributed by atoms with Crippen molar-refractivity contribution < 1.29 is 32.3 Å². The summed E-state index contributed by atoms with van der Waals surface area (Å²) in [4.78, 5) is 40.9. The van der Waals surface area contributed by atoms with E-state index >= 15 is 0 Å². The average Bonchev–Trinajstić information content (AvgIpc) is 3.28. The summed E-state index contributed by atoms with van der Waals surface area (Å²) in [6.45, 7) is 1.11. The van der Waals surface area contributed by atoms with Crippen LogP contribution in [-0.2, 0) is 9.53 Å². The van der Waals surface area contributed by atoms with Gasteiger partial charge in [-0.1, -0.05) is 18.2 Å². The minimum atomic E-state index is -5.13. The van der Waals surface area contributed by atoms with E-state index in [9.17, 15) is 27.6 Å². The number of nitrogens with zero attached hydrogens (tertiary/aromatic N) is 2. The Morgan fingerprint density at radius 2 is 1.84 bits per heavy atom. The predicted octanol–water partition coefficient (Wildman–Crippen LogP) is 1.81. The number of alkyl halides is 3. The number of benzene rings is 1. The first-order valence-electron chi connectivity index (χ1n) is 9.44. The average molecular weight is 468 g/mol. The van der Waals surface area contributed by atoms with Gasteiger partial charge in [0.1, 0.15) is 5.84 Å². The second-order valence-electron chi connectivity index (χ2n) is 6.77. The van der Waals surface area contributed by atoms with Crippen molar-refractivity contribution in [3.63, 3.8) is 0 Å². The summed E-state index contributed by atoms with van der Waals surface area (Å²) in [6.07, 6.45) is -5.13. The molecule has 1 aliphatic rings. The van der Waals surface area contributed by atoms with Gasteiger partial charge in [0, 0.05) is 18.7 Å². The monoisotopic (exact) mass is 468 g/mol. The molecule has 0 radical (unpaired) electrons. The van der Waals surface area contributed by atoms with Crippen LogP contribution in [0.4, 0.5) is 13.2 Å². The van der Waals surface area contributed by atoms with E-state index in [4.69, 9.17) is 10.5 Å². The summed E-state index contributed by atoms with van der Waals surface area (Å²) >= 11 is 0.793. The van der Waals surface area contributed by atoms with Crippen LogP contribution in [0.3, 0.4) is 0 Å². The highest BCUT2D eigenvalue weighted by molar-refractivity contribution is 7.16. The molecule has 32 heavy (non-hydrogen) atoms. The lowest BCUT2D eigenvalue weighted by Crippen LogP contribution is -2.53. The summed E-state index contributed by atoms with van der Waals surface area (Å²) in [7, 11) is 0. The van der Waals surface area contributed by atoms with Gasteiger partial charge in [-0.05, 0) is 24.3 Å². The van der Waals surface area contributed by atoms with Crippen molar-refractivity contribution in [1.29, 1.82) is 0 Å². The van der Waals surface area contributed by atoms with E-state index in [0.717, 1.165) is 11.3 Å². The maximum absolute atomic E-state index is 12.8. The van der Waals surface area contributed by atoms with E-state index in [2.05, 4.69) is 10.3 Å². The van der Waals surface area contributed by atoms with Crippen molar-refractivity contribution >= 4 is 34.9 Å². The van der Waals surface area contributed by atoms with Gasteiger partial charge in [0.25, 0.3) is 11.8 Å². The van der Waals surface area contributed by atoms with E-state index in [1.54, 1.807) is 35.2 Å². The third kappa shape index (κ3) is 5.71. The highest BCUT2D eigenvalue weighted by Crippen LogP contribution is 2.20. The zero-order chi connectivity index (χ0) is 23.3. The first-order chi connectivity index (χ1) is 15.2. The molecule has 1 aliphatic heterocycles. The molecule has 1 aromatic heterocycles. The lowest BCUT2D eigenvalue weighted by Gasteiger charge is -2.35. The van der Waals surface area contributed by atoms with Crippen LogP contribution in [0.5, 0.6) is 0 Å². The molecule has 2 heterocycles. The zero-order valence-corrected chi connectivity index (χ0v) is 17.4. The summed E-state index contributed by atoms with van der Waals surface area (Å²) in [6, 6.07) is 11.0. The van der Waals surface area contributed by atoms with Crippen LogP contribution < -0.4 is 11.1 Å². The Morgan fingerprint density at radius 1 is 1.16 bits per heavy atom. The van der Waals surface area contributed by atoms with Crippen LogP contribution in [0.25, 0.3) is 0 Å². The molecule has 12 heteroatoms. The Hall–Kier alpha value is -3.25. The maximum atomic E-state index is 12.8. The summed E-state index contributed by atoms with van der Waals surface area (Å²) in [5.41, 5.74) is 5.98. The molecule has 1 unspecified atom stereocenters. The van der Waals surface area contributed by atoms with Crippen molar-refractivity contribution in [1.82, 2.24) is 10.2 Å². The van der Waals surface area contributed by atoms with Crippen molar-refractivity contribution in [3.8, 4) is 0 Å². The quantitative estimate of drug-likeness (QED) is 0.513. The van der Waals surface area contributed by atoms with Gasteiger partial charge in [-0.15, -0.1) is 11.3 Å². The van der Waals surface area contributed by atoms with E-state index in [-0.39, 0.29) is 28.8 Å². The number of rotatable bonds is 5. The molecule has 1 fully saturated rings. The van der Waals surface area contributed by atoms with Crippen molar-refractivity contribution in [2.75, 3.05) is 26.3 Å². The van der Waals surface area contributed by atoms with Crippen LogP contribution >= 0.6 is 11.3 Å². The second-order valence-corrected chi connectivity index (χ2v) is 7.85. The smallest absolute Gasteiger partial charge is 0.382 e. The highest BCUT2D eigenvalue weighted by atomic mass is 32.1. The summed E-state index contributed by atoms with van der Waals surface area (Å²) in [5.74, 6) is -3.63. The Labute approximate surface area is 184 Å². The minimum Gasteiger partial charge on any atom is -0.382 e. The largest absolute Gasteiger partial charge is 0.473 e. The molecule has 2 aromatic rings. The molecule has 8 nitrogen and oxygen atoms in total. The number of carbonyl (C=O) groups is 3. The van der Waals surface area contributed by atoms with Gasteiger partial charge in [0.05, 0.1) is 29.0 Å². The molecule has 0 spiro atoms. The topological polar surface area (TPSA) is 114 Å². The summed E-state index contributed by atoms with van der Waals surface area (Å²) < 4.78 is 42.4. The number of hydrogen-bond donors (Lipinski definition) is 2. The van der Waals surface area contributed by atoms with Crippen LogP contribution in [0.2, 0.25) is 0 Å². The molecule has 170 valence electrons. The lowest BCUT2D eigenvalue weighted by atomic mass is 10.1. The standard InChI is InChI=1S/C20H19F3N4O4S/c21-20(22,23)19(30)26-16(24)14-6-7-15(32-14)17(28)25-10-13-11-31-9-8-27(13)18(29)12-4-2-1-3-5-12/h1-7,13H,8-11H2,(H,25,28)(H2,24,26,30). The van der Waals surface area contributed by atoms with E-state index in [1.807, 2.05) is 0 Å². The molecular weight excluding hydrogens is 449 g/mol. The number of amidine groups is 1. The number of hydrogen-bond acceptors (Lipinski definition) is 5. The normalized spacial score (nSPS) is 17.2. The number of amides is 3. The van der Waals surface area contributed by atoms with Crippen LogP contribution in [0.1, 0.15) is 24.9 Å². The molecule has 3 N–H and O–H groups in total. The molecule has 0 aliphatic carbocycles. The van der Waals surface area contributed by atoms with Gasteiger partial charge in [-0.3, -0.25) is 14.4 Å².